The van der Waals surface area contributed by atoms with Gasteiger partial charge in [-0.05, 0) is 31.2 Å². The molecule has 1 saturated heterocycles. The minimum absolute atomic E-state index is 0.0664. The quantitative estimate of drug-likeness (QED) is 0.646. The number of carbonyl (C=O) groups is 3. The lowest BCUT2D eigenvalue weighted by Gasteiger charge is -2.26. The Morgan fingerprint density at radius 1 is 1.29 bits per heavy atom. The van der Waals surface area contributed by atoms with E-state index in [0.29, 0.717) is 11.5 Å². The van der Waals surface area contributed by atoms with Crippen molar-refractivity contribution in [3.05, 3.63) is 53.0 Å². The Balaban J connectivity index is 1.78. The number of piperazine rings is 1. The van der Waals surface area contributed by atoms with E-state index in [-0.39, 0.29) is 48.1 Å². The number of methoxy groups -OCH3 is 1. The van der Waals surface area contributed by atoms with Gasteiger partial charge >= 0.3 is 5.97 Å². The number of hydrogen-bond donors (Lipinski definition) is 1. The molecule has 1 aliphatic heterocycles. The van der Waals surface area contributed by atoms with Gasteiger partial charge in [0, 0.05) is 25.7 Å². The van der Waals surface area contributed by atoms with Crippen LogP contribution in [0.5, 0.6) is 0 Å². The van der Waals surface area contributed by atoms with Gasteiger partial charge in [-0.15, -0.1) is 0 Å². The number of nitrogens with one attached hydrogen (secondary N) is 1. The highest BCUT2D eigenvalue weighted by Gasteiger charge is 2.30. The third kappa shape index (κ3) is 4.78. The lowest BCUT2D eigenvalue weighted by Crippen LogP contribution is -2.49. The molecule has 0 unspecified atom stereocenters. The highest BCUT2D eigenvalue weighted by molar-refractivity contribution is 7.89. The summed E-state index contributed by atoms with van der Waals surface area (Å²) in [7, 11) is -1.12. The van der Waals surface area contributed by atoms with Crippen LogP contribution < -0.4 is 5.32 Å². The lowest BCUT2D eigenvalue weighted by atomic mass is 10.2. The molecule has 1 aliphatic rings. The zero-order chi connectivity index (χ0) is 22.8. The molecule has 11 heteroatoms. The second-order valence-corrected chi connectivity index (χ2v) is 8.99. The summed E-state index contributed by atoms with van der Waals surface area (Å²) in [6.45, 7) is 1.82. The van der Waals surface area contributed by atoms with Gasteiger partial charge in [0.15, 0.2) is 0 Å². The minimum atomic E-state index is -3.92. The summed E-state index contributed by atoms with van der Waals surface area (Å²) in [5.41, 5.74) is 0.443. The molecule has 2 amide bonds. The van der Waals surface area contributed by atoms with Crippen molar-refractivity contribution >= 4 is 27.8 Å². The standard InChI is InChI=1S/C20H23N3O7S/c1-13-17(20(26)29-3)10-15(30-13)11-22(2)19(25)14-5-4-6-16(9-14)31(27,28)23-8-7-21-18(24)12-23/h4-6,9-10H,7-8,11-12H2,1-3H3,(H,21,24). The van der Waals surface area contributed by atoms with Gasteiger partial charge in [0.1, 0.15) is 17.1 Å². The first-order valence-electron chi connectivity index (χ1n) is 9.43. The Hall–Kier alpha value is -3.18. The normalized spacial score (nSPS) is 14.7. The van der Waals surface area contributed by atoms with Crippen LogP contribution in [-0.2, 0) is 26.1 Å². The van der Waals surface area contributed by atoms with E-state index >= 15 is 0 Å². The molecule has 0 saturated carbocycles. The number of esters is 1. The second-order valence-electron chi connectivity index (χ2n) is 7.05. The fourth-order valence-electron chi connectivity index (χ4n) is 3.22. The van der Waals surface area contributed by atoms with Gasteiger partial charge in [-0.1, -0.05) is 6.07 Å². The number of sulfonamides is 1. The van der Waals surface area contributed by atoms with Gasteiger partial charge in [-0.25, -0.2) is 13.2 Å². The van der Waals surface area contributed by atoms with Crippen molar-refractivity contribution in [3.8, 4) is 0 Å². The summed E-state index contributed by atoms with van der Waals surface area (Å²) >= 11 is 0. The topological polar surface area (TPSA) is 126 Å². The third-order valence-electron chi connectivity index (χ3n) is 4.84. The molecule has 2 heterocycles. The Bertz CT molecular complexity index is 1120. The first kappa shape index (κ1) is 22.5. The van der Waals surface area contributed by atoms with Gasteiger partial charge in [0.2, 0.25) is 15.9 Å². The molecule has 0 bridgehead atoms. The van der Waals surface area contributed by atoms with Crippen LogP contribution in [0.15, 0.2) is 39.6 Å². The van der Waals surface area contributed by atoms with Crippen LogP contribution in [0.4, 0.5) is 0 Å². The summed E-state index contributed by atoms with van der Waals surface area (Å²) in [4.78, 5) is 37.4. The summed E-state index contributed by atoms with van der Waals surface area (Å²) in [6.07, 6.45) is 0. The van der Waals surface area contributed by atoms with Gasteiger partial charge in [0.25, 0.3) is 5.91 Å². The molecule has 31 heavy (non-hydrogen) atoms. The molecule has 0 radical (unpaired) electrons. The number of ether oxygens (including phenoxy) is 1. The zero-order valence-corrected chi connectivity index (χ0v) is 18.2. The highest BCUT2D eigenvalue weighted by atomic mass is 32.2. The fourth-order valence-corrected chi connectivity index (χ4v) is 4.66. The van der Waals surface area contributed by atoms with E-state index < -0.39 is 21.9 Å². The molecule has 1 aromatic carbocycles. The van der Waals surface area contributed by atoms with Crippen LogP contribution in [0.2, 0.25) is 0 Å². The monoisotopic (exact) mass is 449 g/mol. The number of nitrogens with zero attached hydrogens (tertiary/aromatic N) is 2. The number of rotatable bonds is 6. The summed E-state index contributed by atoms with van der Waals surface area (Å²) in [6, 6.07) is 7.16. The number of aryl methyl sites for hydroxylation is 1. The summed E-state index contributed by atoms with van der Waals surface area (Å²) in [5.74, 6) is -0.576. The Morgan fingerprint density at radius 2 is 2.03 bits per heavy atom. The van der Waals surface area contributed by atoms with E-state index in [9.17, 15) is 22.8 Å². The van der Waals surface area contributed by atoms with Crippen LogP contribution in [0.1, 0.15) is 32.2 Å². The SMILES string of the molecule is COC(=O)c1cc(CN(C)C(=O)c2cccc(S(=O)(=O)N3CCNC(=O)C3)c2)oc1C. The second kappa shape index (κ2) is 8.90. The van der Waals surface area contributed by atoms with Gasteiger partial charge in [-0.3, -0.25) is 9.59 Å². The largest absolute Gasteiger partial charge is 0.465 e. The van der Waals surface area contributed by atoms with Crippen molar-refractivity contribution in [2.24, 2.45) is 0 Å². The Labute approximate surface area is 179 Å². The van der Waals surface area contributed by atoms with Crippen molar-refractivity contribution in [3.63, 3.8) is 0 Å². The van der Waals surface area contributed by atoms with Crippen LogP contribution in [0.25, 0.3) is 0 Å². The first-order valence-corrected chi connectivity index (χ1v) is 10.9. The van der Waals surface area contributed by atoms with Gasteiger partial charge in [-0.2, -0.15) is 4.31 Å². The lowest BCUT2D eigenvalue weighted by molar-refractivity contribution is -0.122. The summed E-state index contributed by atoms with van der Waals surface area (Å²) in [5, 5.41) is 2.58. The van der Waals surface area contributed by atoms with Crippen LogP contribution in [0.3, 0.4) is 0 Å². The van der Waals surface area contributed by atoms with Crippen molar-refractivity contribution in [2.75, 3.05) is 33.8 Å². The maximum atomic E-state index is 12.9. The molecule has 0 atom stereocenters. The molecule has 166 valence electrons. The number of carbonyl (C=O) groups excluding carboxylic acids is 3. The first-order chi connectivity index (χ1) is 14.6. The number of benzene rings is 1. The van der Waals surface area contributed by atoms with E-state index in [0.717, 1.165) is 4.31 Å². The van der Waals surface area contributed by atoms with Crippen LogP contribution >= 0.6 is 0 Å². The van der Waals surface area contributed by atoms with Crippen molar-refractivity contribution in [1.29, 1.82) is 0 Å². The number of hydrogen-bond acceptors (Lipinski definition) is 7. The predicted octanol–water partition coefficient (Wildman–Crippen LogP) is 0.767. The molecule has 10 nitrogen and oxygen atoms in total. The minimum Gasteiger partial charge on any atom is -0.465 e. The molecule has 2 aromatic rings. The van der Waals surface area contributed by atoms with Crippen molar-refractivity contribution in [1.82, 2.24) is 14.5 Å². The molecule has 1 N–H and O–H groups in total. The number of amides is 2. The average Bonchev–Trinajstić information content (AvgIpc) is 3.12. The van der Waals surface area contributed by atoms with E-state index in [4.69, 9.17) is 4.42 Å². The summed E-state index contributed by atoms with van der Waals surface area (Å²) < 4.78 is 37.0. The Kier molecular flexibility index (Phi) is 6.46. The van der Waals surface area contributed by atoms with E-state index in [2.05, 4.69) is 10.1 Å². The van der Waals surface area contributed by atoms with Crippen molar-refractivity contribution < 1.29 is 32.0 Å². The van der Waals surface area contributed by atoms with E-state index in [1.54, 1.807) is 6.92 Å². The maximum Gasteiger partial charge on any atom is 0.341 e. The predicted molar refractivity (Wildman–Crippen MR) is 109 cm³/mol. The Morgan fingerprint density at radius 3 is 2.71 bits per heavy atom. The molecule has 1 aromatic heterocycles. The molecule has 0 aliphatic carbocycles. The van der Waals surface area contributed by atoms with Gasteiger partial charge in [0.05, 0.1) is 25.1 Å². The fraction of sp³-hybridized carbons (Fsp3) is 0.350. The molecular formula is C20H23N3O7S. The molecular weight excluding hydrogens is 426 g/mol. The molecule has 0 spiro atoms. The van der Waals surface area contributed by atoms with E-state index in [1.807, 2.05) is 0 Å². The van der Waals surface area contributed by atoms with Gasteiger partial charge < -0.3 is 19.4 Å². The van der Waals surface area contributed by atoms with Crippen molar-refractivity contribution in [2.45, 2.75) is 18.4 Å². The van der Waals surface area contributed by atoms with E-state index in [1.165, 1.54) is 49.4 Å². The third-order valence-corrected chi connectivity index (χ3v) is 6.68. The average molecular weight is 449 g/mol. The van der Waals surface area contributed by atoms with Crippen LogP contribution in [-0.4, -0.2) is 69.2 Å². The molecule has 1 fully saturated rings. The zero-order valence-electron chi connectivity index (χ0n) is 17.4. The maximum absolute atomic E-state index is 12.9. The number of furan rings is 1. The van der Waals surface area contributed by atoms with Crippen LogP contribution in [0, 0.1) is 6.92 Å². The smallest absolute Gasteiger partial charge is 0.341 e. The molecule has 3 rings (SSSR count). The highest BCUT2D eigenvalue weighted by Crippen LogP contribution is 2.20.